The van der Waals surface area contributed by atoms with Gasteiger partial charge in [-0.15, -0.1) is 11.3 Å². The van der Waals surface area contributed by atoms with Crippen LogP contribution in [-0.2, 0) is 4.79 Å². The van der Waals surface area contributed by atoms with Crippen molar-refractivity contribution in [1.82, 2.24) is 10.6 Å². The topological polar surface area (TPSA) is 58.2 Å². The van der Waals surface area contributed by atoms with Gasteiger partial charge < -0.3 is 10.6 Å². The van der Waals surface area contributed by atoms with E-state index in [0.29, 0.717) is 4.88 Å². The van der Waals surface area contributed by atoms with E-state index >= 15 is 0 Å². The molecular formula is C14H19F3N2O2S. The number of carbonyl (C=O) groups is 2. The van der Waals surface area contributed by atoms with Crippen LogP contribution in [0.25, 0.3) is 0 Å². The van der Waals surface area contributed by atoms with Crippen LogP contribution < -0.4 is 10.6 Å². The van der Waals surface area contributed by atoms with Gasteiger partial charge in [-0.3, -0.25) is 9.59 Å². The lowest BCUT2D eigenvalue weighted by Gasteiger charge is -2.33. The molecule has 0 saturated carbocycles. The number of thiophene rings is 1. The first-order valence-corrected chi connectivity index (χ1v) is 7.52. The van der Waals surface area contributed by atoms with Crippen molar-refractivity contribution in [2.75, 3.05) is 0 Å². The molecule has 124 valence electrons. The molecule has 0 aliphatic rings. The third-order valence-corrected chi connectivity index (χ3v) is 3.83. The summed E-state index contributed by atoms with van der Waals surface area (Å²) in [5, 5.41) is 6.05. The van der Waals surface area contributed by atoms with E-state index in [0.717, 1.165) is 0 Å². The Kier molecular flexibility index (Phi) is 5.61. The minimum Gasteiger partial charge on any atom is -0.342 e. The van der Waals surface area contributed by atoms with E-state index in [1.165, 1.54) is 39.0 Å². The lowest BCUT2D eigenvalue weighted by molar-refractivity contribution is -0.181. The molecule has 0 fully saturated rings. The second kappa shape index (κ2) is 6.68. The predicted molar refractivity (Wildman–Crippen MR) is 78.7 cm³/mol. The average Bonchev–Trinajstić information content (AvgIpc) is 2.86. The molecule has 0 spiro atoms. The number of alkyl halides is 3. The maximum Gasteiger partial charge on any atom is 0.409 e. The molecule has 1 aromatic rings. The number of rotatable bonds is 4. The number of halogens is 3. The minimum absolute atomic E-state index is 0.392. The van der Waals surface area contributed by atoms with Crippen molar-refractivity contribution in [2.45, 2.75) is 46.0 Å². The van der Waals surface area contributed by atoms with Crippen LogP contribution in [-0.4, -0.2) is 30.1 Å². The summed E-state index contributed by atoms with van der Waals surface area (Å²) < 4.78 is 39.1. The quantitative estimate of drug-likeness (QED) is 0.888. The van der Waals surface area contributed by atoms with Gasteiger partial charge in [0.2, 0.25) is 5.91 Å². The zero-order chi connectivity index (χ0) is 17.1. The van der Waals surface area contributed by atoms with Gasteiger partial charge in [0, 0.05) is 0 Å². The molecule has 0 saturated heterocycles. The standard InChI is InChI=1S/C14H19F3N2O2S/c1-8(18-11(21)9-6-5-7-22-9)10(20)19-12(13(2,3)4)14(15,16)17/h5-8,12H,1-4H3,(H,18,21)(H,19,20)/t8-,12+/m0/s1. The average molecular weight is 336 g/mol. The van der Waals surface area contributed by atoms with E-state index in [1.54, 1.807) is 17.5 Å². The third kappa shape index (κ3) is 5.01. The van der Waals surface area contributed by atoms with Gasteiger partial charge in [0.15, 0.2) is 0 Å². The minimum atomic E-state index is -4.56. The molecule has 2 N–H and O–H groups in total. The Morgan fingerprint density at radius 1 is 1.18 bits per heavy atom. The maximum atomic E-state index is 13.0. The Bertz CT molecular complexity index is 507. The van der Waals surface area contributed by atoms with Crippen LogP contribution in [0.15, 0.2) is 17.5 Å². The summed E-state index contributed by atoms with van der Waals surface area (Å²) in [6.07, 6.45) is -4.56. The molecule has 0 bridgehead atoms. The molecule has 0 aromatic carbocycles. The van der Waals surface area contributed by atoms with Crippen molar-refractivity contribution in [1.29, 1.82) is 0 Å². The number of carbonyl (C=O) groups excluding carboxylic acids is 2. The molecule has 0 aliphatic carbocycles. The molecular weight excluding hydrogens is 317 g/mol. The van der Waals surface area contributed by atoms with E-state index < -0.39 is 35.5 Å². The second-order valence-electron chi connectivity index (χ2n) is 6.02. The predicted octanol–water partition coefficient (Wildman–Crippen LogP) is 2.96. The molecule has 0 aliphatic heterocycles. The summed E-state index contributed by atoms with van der Waals surface area (Å²) in [5.74, 6) is -1.36. The van der Waals surface area contributed by atoms with Crippen molar-refractivity contribution < 1.29 is 22.8 Å². The van der Waals surface area contributed by atoms with Crippen LogP contribution in [0.4, 0.5) is 13.2 Å². The first kappa shape index (κ1) is 18.5. The van der Waals surface area contributed by atoms with Crippen molar-refractivity contribution in [3.05, 3.63) is 22.4 Å². The zero-order valence-electron chi connectivity index (χ0n) is 12.7. The Morgan fingerprint density at radius 3 is 2.18 bits per heavy atom. The lowest BCUT2D eigenvalue weighted by atomic mass is 9.86. The van der Waals surface area contributed by atoms with Crippen molar-refractivity contribution in [2.24, 2.45) is 5.41 Å². The Labute approximate surface area is 131 Å². The van der Waals surface area contributed by atoms with Crippen LogP contribution in [0.1, 0.15) is 37.4 Å². The molecule has 2 atom stereocenters. The molecule has 1 rings (SSSR count). The fourth-order valence-electron chi connectivity index (χ4n) is 1.80. The zero-order valence-corrected chi connectivity index (χ0v) is 13.6. The number of hydrogen-bond donors (Lipinski definition) is 2. The number of hydrogen-bond acceptors (Lipinski definition) is 3. The highest BCUT2D eigenvalue weighted by Crippen LogP contribution is 2.33. The van der Waals surface area contributed by atoms with Gasteiger partial charge in [0.05, 0.1) is 4.88 Å². The van der Waals surface area contributed by atoms with Gasteiger partial charge in [-0.05, 0) is 23.8 Å². The van der Waals surface area contributed by atoms with Crippen LogP contribution in [0.2, 0.25) is 0 Å². The molecule has 0 unspecified atom stereocenters. The van der Waals surface area contributed by atoms with Gasteiger partial charge >= 0.3 is 6.18 Å². The largest absolute Gasteiger partial charge is 0.409 e. The van der Waals surface area contributed by atoms with Crippen LogP contribution in [0, 0.1) is 5.41 Å². The number of nitrogens with one attached hydrogen (secondary N) is 2. The Morgan fingerprint density at radius 2 is 1.77 bits per heavy atom. The SMILES string of the molecule is C[C@H](NC(=O)c1cccs1)C(=O)N[C@H](C(C)(C)C)C(F)(F)F. The molecule has 4 nitrogen and oxygen atoms in total. The Hall–Kier alpha value is -1.57. The summed E-state index contributed by atoms with van der Waals surface area (Å²) in [6.45, 7) is 5.51. The molecule has 2 amide bonds. The Balaban J connectivity index is 2.72. The lowest BCUT2D eigenvalue weighted by Crippen LogP contribution is -2.57. The first-order valence-electron chi connectivity index (χ1n) is 6.64. The van der Waals surface area contributed by atoms with E-state index in [2.05, 4.69) is 5.32 Å². The van der Waals surface area contributed by atoms with Gasteiger partial charge in [-0.25, -0.2) is 0 Å². The van der Waals surface area contributed by atoms with E-state index in [-0.39, 0.29) is 0 Å². The summed E-state index contributed by atoms with van der Waals surface area (Å²) in [4.78, 5) is 24.1. The summed E-state index contributed by atoms with van der Waals surface area (Å²) in [5.41, 5.74) is -1.19. The van der Waals surface area contributed by atoms with Crippen LogP contribution in [0.5, 0.6) is 0 Å². The highest BCUT2D eigenvalue weighted by Gasteiger charge is 2.48. The monoisotopic (exact) mass is 336 g/mol. The van der Waals surface area contributed by atoms with E-state index in [4.69, 9.17) is 0 Å². The van der Waals surface area contributed by atoms with Crippen molar-refractivity contribution in [3.63, 3.8) is 0 Å². The van der Waals surface area contributed by atoms with Gasteiger partial charge in [-0.2, -0.15) is 13.2 Å². The fraction of sp³-hybridized carbons (Fsp3) is 0.571. The fourth-order valence-corrected chi connectivity index (χ4v) is 2.42. The number of amides is 2. The van der Waals surface area contributed by atoms with Crippen molar-refractivity contribution in [3.8, 4) is 0 Å². The molecule has 8 heteroatoms. The molecule has 0 radical (unpaired) electrons. The first-order chi connectivity index (χ1) is 9.93. The van der Waals surface area contributed by atoms with Crippen molar-refractivity contribution >= 4 is 23.2 Å². The highest BCUT2D eigenvalue weighted by atomic mass is 32.1. The van der Waals surface area contributed by atoms with Crippen LogP contribution >= 0.6 is 11.3 Å². The maximum absolute atomic E-state index is 13.0. The summed E-state index contributed by atoms with van der Waals surface area (Å²) in [6, 6.07) is 0.178. The van der Waals surface area contributed by atoms with Gasteiger partial charge in [0.25, 0.3) is 5.91 Å². The summed E-state index contributed by atoms with van der Waals surface area (Å²) >= 11 is 1.18. The second-order valence-corrected chi connectivity index (χ2v) is 6.97. The smallest absolute Gasteiger partial charge is 0.342 e. The third-order valence-electron chi connectivity index (χ3n) is 2.97. The van der Waals surface area contributed by atoms with E-state index in [9.17, 15) is 22.8 Å². The molecule has 22 heavy (non-hydrogen) atoms. The highest BCUT2D eigenvalue weighted by molar-refractivity contribution is 7.12. The molecule has 1 heterocycles. The molecule has 1 aromatic heterocycles. The van der Waals surface area contributed by atoms with Crippen LogP contribution in [0.3, 0.4) is 0 Å². The van der Waals surface area contributed by atoms with Gasteiger partial charge in [0.1, 0.15) is 12.1 Å². The van der Waals surface area contributed by atoms with E-state index in [1.807, 2.05) is 5.32 Å². The van der Waals surface area contributed by atoms with Gasteiger partial charge in [-0.1, -0.05) is 26.8 Å². The normalized spacial score (nSPS) is 15.0. The summed E-state index contributed by atoms with van der Waals surface area (Å²) in [7, 11) is 0.